The van der Waals surface area contributed by atoms with Gasteiger partial charge >= 0.3 is 6.18 Å². The van der Waals surface area contributed by atoms with Crippen LogP contribution in [0.1, 0.15) is 39.3 Å². The van der Waals surface area contributed by atoms with Gasteiger partial charge in [0.15, 0.2) is 5.69 Å². The quantitative estimate of drug-likeness (QED) is 0.582. The first-order chi connectivity index (χ1) is 15.6. The van der Waals surface area contributed by atoms with Crippen LogP contribution in [0.15, 0.2) is 47.3 Å². The summed E-state index contributed by atoms with van der Waals surface area (Å²) < 4.78 is 46.2. The summed E-state index contributed by atoms with van der Waals surface area (Å²) >= 11 is 0. The van der Waals surface area contributed by atoms with E-state index in [1.807, 2.05) is 13.0 Å². The van der Waals surface area contributed by atoms with E-state index in [9.17, 15) is 22.8 Å². The van der Waals surface area contributed by atoms with Gasteiger partial charge in [-0.3, -0.25) is 9.59 Å². The van der Waals surface area contributed by atoms with Crippen molar-refractivity contribution in [3.05, 3.63) is 80.8 Å². The van der Waals surface area contributed by atoms with E-state index in [2.05, 4.69) is 5.10 Å². The molecule has 172 valence electrons. The Bertz CT molecular complexity index is 1300. The van der Waals surface area contributed by atoms with Crippen LogP contribution in [-0.4, -0.2) is 29.3 Å². The molecule has 1 aliphatic heterocycles. The average molecular weight is 457 g/mol. The van der Waals surface area contributed by atoms with E-state index in [0.717, 1.165) is 29.7 Å². The monoisotopic (exact) mass is 457 g/mol. The first kappa shape index (κ1) is 22.6. The van der Waals surface area contributed by atoms with E-state index in [0.29, 0.717) is 30.1 Å². The summed E-state index contributed by atoms with van der Waals surface area (Å²) in [6.07, 6.45) is -3.08. The van der Waals surface area contributed by atoms with E-state index in [-0.39, 0.29) is 11.4 Å². The highest BCUT2D eigenvalue weighted by molar-refractivity contribution is 6.06. The van der Waals surface area contributed by atoms with Crippen LogP contribution in [0.5, 0.6) is 5.75 Å². The van der Waals surface area contributed by atoms with Crippen molar-refractivity contribution in [2.75, 3.05) is 18.6 Å². The standard InChI is InChI=1S/C24H22F3N3O3/c1-14-9-10-20(33-3)22-18(14)8-5-11-29(22)23(32)21-19(31)12-15(2)30(28-21)17-7-4-6-16(13-17)24(25,26)27/h4,6-7,9-10,12-13H,5,8,11H2,1-3H3. The van der Waals surface area contributed by atoms with Crippen LogP contribution >= 0.6 is 0 Å². The zero-order valence-electron chi connectivity index (χ0n) is 18.4. The Labute approximate surface area is 188 Å². The zero-order chi connectivity index (χ0) is 23.9. The normalized spacial score (nSPS) is 13.6. The summed E-state index contributed by atoms with van der Waals surface area (Å²) in [7, 11) is 1.51. The molecule has 0 atom stereocenters. The lowest BCUT2D eigenvalue weighted by atomic mass is 9.96. The summed E-state index contributed by atoms with van der Waals surface area (Å²) in [5, 5.41) is 4.20. The molecular formula is C24H22F3N3O3. The van der Waals surface area contributed by atoms with Gasteiger partial charge in [0.1, 0.15) is 5.75 Å². The number of hydrogen-bond acceptors (Lipinski definition) is 4. The molecule has 0 bridgehead atoms. The van der Waals surface area contributed by atoms with E-state index in [1.165, 1.54) is 34.9 Å². The first-order valence-electron chi connectivity index (χ1n) is 10.4. The number of amides is 1. The number of ether oxygens (including phenoxy) is 1. The molecule has 2 heterocycles. The molecule has 6 nitrogen and oxygen atoms in total. The Morgan fingerprint density at radius 3 is 2.58 bits per heavy atom. The Hall–Kier alpha value is -3.62. The minimum atomic E-state index is -4.53. The largest absolute Gasteiger partial charge is 0.495 e. The van der Waals surface area contributed by atoms with Crippen molar-refractivity contribution in [3.8, 4) is 11.4 Å². The predicted molar refractivity (Wildman–Crippen MR) is 117 cm³/mol. The molecule has 0 radical (unpaired) electrons. The maximum atomic E-state index is 13.5. The van der Waals surface area contributed by atoms with Crippen molar-refractivity contribution in [2.45, 2.75) is 32.9 Å². The van der Waals surface area contributed by atoms with Crippen molar-refractivity contribution in [1.82, 2.24) is 9.78 Å². The molecule has 2 aromatic carbocycles. The van der Waals surface area contributed by atoms with Crippen molar-refractivity contribution in [2.24, 2.45) is 0 Å². The number of aromatic nitrogens is 2. The number of benzene rings is 2. The highest BCUT2D eigenvalue weighted by Gasteiger charge is 2.32. The fraction of sp³-hybridized carbons (Fsp3) is 0.292. The number of hydrogen-bond donors (Lipinski definition) is 0. The lowest BCUT2D eigenvalue weighted by Crippen LogP contribution is -2.40. The highest BCUT2D eigenvalue weighted by atomic mass is 19.4. The van der Waals surface area contributed by atoms with Gasteiger partial charge in [0.2, 0.25) is 5.43 Å². The van der Waals surface area contributed by atoms with Gasteiger partial charge in [-0.25, -0.2) is 4.68 Å². The third-order valence-corrected chi connectivity index (χ3v) is 5.75. The molecular weight excluding hydrogens is 435 g/mol. The molecule has 1 amide bonds. The molecule has 0 spiro atoms. The smallest absolute Gasteiger partial charge is 0.416 e. The lowest BCUT2D eigenvalue weighted by Gasteiger charge is -2.31. The number of rotatable bonds is 3. The molecule has 0 saturated carbocycles. The minimum Gasteiger partial charge on any atom is -0.495 e. The molecule has 0 unspecified atom stereocenters. The molecule has 33 heavy (non-hydrogen) atoms. The summed E-state index contributed by atoms with van der Waals surface area (Å²) in [6.45, 7) is 3.85. The van der Waals surface area contributed by atoms with Crippen molar-refractivity contribution < 1.29 is 22.7 Å². The zero-order valence-corrected chi connectivity index (χ0v) is 18.4. The second-order valence-corrected chi connectivity index (χ2v) is 7.93. The summed E-state index contributed by atoms with van der Waals surface area (Å²) in [5.74, 6) is -0.112. The van der Waals surface area contributed by atoms with E-state index < -0.39 is 23.1 Å². The number of anilines is 1. The van der Waals surface area contributed by atoms with Gasteiger partial charge in [-0.1, -0.05) is 12.1 Å². The van der Waals surface area contributed by atoms with E-state index in [1.54, 1.807) is 13.0 Å². The molecule has 9 heteroatoms. The minimum absolute atomic E-state index is 0.101. The number of alkyl halides is 3. The number of methoxy groups -OCH3 is 1. The first-order valence-corrected chi connectivity index (χ1v) is 10.4. The van der Waals surface area contributed by atoms with Crippen LogP contribution in [-0.2, 0) is 12.6 Å². The van der Waals surface area contributed by atoms with Crippen LogP contribution in [0.25, 0.3) is 5.69 Å². The van der Waals surface area contributed by atoms with Crippen LogP contribution in [0.4, 0.5) is 18.9 Å². The molecule has 4 rings (SSSR count). The van der Waals surface area contributed by atoms with Gasteiger partial charge in [-0.2, -0.15) is 18.3 Å². The van der Waals surface area contributed by atoms with E-state index >= 15 is 0 Å². The van der Waals surface area contributed by atoms with Crippen LogP contribution in [0.3, 0.4) is 0 Å². The Morgan fingerprint density at radius 2 is 1.88 bits per heavy atom. The summed E-state index contributed by atoms with van der Waals surface area (Å²) in [6, 6.07) is 9.47. The second-order valence-electron chi connectivity index (χ2n) is 7.93. The van der Waals surface area contributed by atoms with Gasteiger partial charge in [-0.15, -0.1) is 0 Å². The fourth-order valence-electron chi connectivity index (χ4n) is 4.12. The summed E-state index contributed by atoms with van der Waals surface area (Å²) in [5.41, 5.74) is 1.15. The fourth-order valence-corrected chi connectivity index (χ4v) is 4.12. The molecule has 1 aliphatic rings. The molecule has 0 saturated heterocycles. The maximum Gasteiger partial charge on any atom is 0.416 e. The number of carbonyl (C=O) groups excluding carboxylic acids is 1. The Morgan fingerprint density at radius 1 is 1.12 bits per heavy atom. The van der Waals surface area contributed by atoms with Gasteiger partial charge in [0.05, 0.1) is 24.0 Å². The second kappa shape index (κ2) is 8.38. The van der Waals surface area contributed by atoms with Crippen molar-refractivity contribution in [1.29, 1.82) is 0 Å². The third-order valence-electron chi connectivity index (χ3n) is 5.75. The number of carbonyl (C=O) groups is 1. The lowest BCUT2D eigenvalue weighted by molar-refractivity contribution is -0.137. The molecule has 0 aliphatic carbocycles. The number of nitrogens with zero attached hydrogens (tertiary/aromatic N) is 3. The third kappa shape index (κ3) is 4.10. The predicted octanol–water partition coefficient (Wildman–Crippen LogP) is 4.47. The average Bonchev–Trinajstić information content (AvgIpc) is 2.78. The van der Waals surface area contributed by atoms with Gasteiger partial charge in [-0.05, 0) is 62.1 Å². The van der Waals surface area contributed by atoms with Crippen LogP contribution < -0.4 is 15.1 Å². The van der Waals surface area contributed by atoms with Gasteiger partial charge in [0, 0.05) is 18.3 Å². The highest BCUT2D eigenvalue weighted by Crippen LogP contribution is 2.38. The molecule has 0 N–H and O–H groups in total. The van der Waals surface area contributed by atoms with Crippen LogP contribution in [0, 0.1) is 13.8 Å². The Kier molecular flexibility index (Phi) is 5.73. The van der Waals surface area contributed by atoms with Gasteiger partial charge in [0.25, 0.3) is 5.91 Å². The maximum absolute atomic E-state index is 13.5. The van der Waals surface area contributed by atoms with Crippen LogP contribution in [0.2, 0.25) is 0 Å². The number of halogens is 3. The topological polar surface area (TPSA) is 64.4 Å². The van der Waals surface area contributed by atoms with Gasteiger partial charge < -0.3 is 9.64 Å². The Balaban J connectivity index is 1.82. The number of aryl methyl sites for hydroxylation is 2. The van der Waals surface area contributed by atoms with E-state index in [4.69, 9.17) is 4.74 Å². The molecule has 1 aromatic heterocycles. The summed E-state index contributed by atoms with van der Waals surface area (Å²) in [4.78, 5) is 27.7. The SMILES string of the molecule is COc1ccc(C)c2c1N(C(=O)c1nn(-c3cccc(C(F)(F)F)c3)c(C)cc1=O)CCC2. The molecule has 0 fully saturated rings. The van der Waals surface area contributed by atoms with Crippen molar-refractivity contribution in [3.63, 3.8) is 0 Å². The van der Waals surface area contributed by atoms with Crippen molar-refractivity contribution >= 4 is 11.6 Å². The number of fused-ring (bicyclic) bond motifs is 1. The molecule has 3 aromatic rings.